The molecule has 0 radical (unpaired) electrons. The lowest BCUT2D eigenvalue weighted by atomic mass is 9.77. The number of likely N-dealkylation sites (tertiary alicyclic amines) is 1. The molecule has 3 atom stereocenters. The number of rotatable bonds is 13. The highest BCUT2D eigenvalue weighted by Gasteiger charge is 2.48. The number of hydrogen-bond acceptors (Lipinski definition) is 5. The third-order valence-electron chi connectivity index (χ3n) is 7.47. The van der Waals surface area contributed by atoms with Crippen LogP contribution in [0.5, 0.6) is 11.5 Å². The van der Waals surface area contributed by atoms with Gasteiger partial charge in [-0.1, -0.05) is 58.8 Å². The van der Waals surface area contributed by atoms with Gasteiger partial charge in [0.25, 0.3) is 0 Å². The second-order valence-corrected chi connectivity index (χ2v) is 10.9. The Kier molecular flexibility index (Phi) is 9.83. The molecule has 1 fully saturated rings. The third kappa shape index (κ3) is 6.81. The number of ether oxygens (including phenoxy) is 2. The van der Waals surface area contributed by atoms with Crippen LogP contribution in [0.2, 0.25) is 0 Å². The van der Waals surface area contributed by atoms with Crippen LogP contribution in [-0.2, 0) is 9.59 Å². The van der Waals surface area contributed by atoms with E-state index in [0.717, 1.165) is 44.3 Å². The summed E-state index contributed by atoms with van der Waals surface area (Å²) in [5.41, 5.74) is 0.728. The molecule has 2 aliphatic rings. The molecule has 1 aromatic rings. The van der Waals surface area contributed by atoms with E-state index in [2.05, 4.69) is 38.7 Å². The lowest BCUT2D eigenvalue weighted by Crippen LogP contribution is -2.45. The van der Waals surface area contributed by atoms with Gasteiger partial charge in [-0.25, -0.2) is 0 Å². The second-order valence-electron chi connectivity index (χ2n) is 10.9. The molecule has 0 aromatic heterocycles. The van der Waals surface area contributed by atoms with Crippen LogP contribution >= 0.6 is 0 Å². The maximum absolute atomic E-state index is 13.5. The molecular formula is C29H44N2O5. The average molecular weight is 501 g/mol. The van der Waals surface area contributed by atoms with Crippen molar-refractivity contribution in [3.8, 4) is 11.5 Å². The molecule has 1 saturated heterocycles. The van der Waals surface area contributed by atoms with Crippen molar-refractivity contribution in [3.63, 3.8) is 0 Å². The molecule has 0 aliphatic carbocycles. The van der Waals surface area contributed by atoms with Crippen LogP contribution in [0, 0.1) is 11.3 Å². The minimum atomic E-state index is -0.817. The van der Waals surface area contributed by atoms with Crippen molar-refractivity contribution in [3.05, 3.63) is 35.9 Å². The van der Waals surface area contributed by atoms with E-state index >= 15 is 0 Å². The minimum absolute atomic E-state index is 0.0983. The highest BCUT2D eigenvalue weighted by molar-refractivity contribution is 5.79. The van der Waals surface area contributed by atoms with E-state index in [-0.39, 0.29) is 36.6 Å². The standard InChI is InChI=1S/C29H44N2O5/c1-6-9-14-30(15-10-7-2)26(32)19-31-18-22(21-11-12-24-25(16-21)36-20-35-24)27(28(33)34)23(31)17-29(4,5)13-8-3/h8,11-13,16,22-23,27H,6-7,9-10,14-15,17-20H2,1-5H3,(H,33,34)/b13-8+/t22-,23+,27-/m1/s1. The van der Waals surface area contributed by atoms with Crippen molar-refractivity contribution >= 4 is 11.9 Å². The highest BCUT2D eigenvalue weighted by Crippen LogP contribution is 2.45. The molecule has 1 N–H and O–H groups in total. The zero-order valence-electron chi connectivity index (χ0n) is 22.7. The Morgan fingerprint density at radius 1 is 1.14 bits per heavy atom. The van der Waals surface area contributed by atoms with Crippen LogP contribution in [0.25, 0.3) is 0 Å². The Morgan fingerprint density at radius 3 is 2.42 bits per heavy atom. The predicted octanol–water partition coefficient (Wildman–Crippen LogP) is 5.31. The van der Waals surface area contributed by atoms with Gasteiger partial charge in [-0.2, -0.15) is 0 Å². The summed E-state index contributed by atoms with van der Waals surface area (Å²) >= 11 is 0. The molecule has 2 aliphatic heterocycles. The summed E-state index contributed by atoms with van der Waals surface area (Å²) in [5.74, 6) is -0.242. The minimum Gasteiger partial charge on any atom is -0.481 e. The first kappa shape index (κ1) is 28.0. The van der Waals surface area contributed by atoms with Crippen LogP contribution in [0.1, 0.15) is 78.2 Å². The Bertz CT molecular complexity index is 920. The molecule has 200 valence electrons. The molecular weight excluding hydrogens is 456 g/mol. The van der Waals surface area contributed by atoms with Crippen molar-refractivity contribution in [1.82, 2.24) is 9.80 Å². The average Bonchev–Trinajstić information content (AvgIpc) is 3.43. The quantitative estimate of drug-likeness (QED) is 0.370. The van der Waals surface area contributed by atoms with Crippen molar-refractivity contribution in [2.75, 3.05) is 33.0 Å². The molecule has 36 heavy (non-hydrogen) atoms. The lowest BCUT2D eigenvalue weighted by molar-refractivity contribution is -0.144. The fraction of sp³-hybridized carbons (Fsp3) is 0.655. The first-order valence-corrected chi connectivity index (χ1v) is 13.5. The molecule has 0 unspecified atom stereocenters. The van der Waals surface area contributed by atoms with Crippen LogP contribution in [0.3, 0.4) is 0 Å². The van der Waals surface area contributed by atoms with Crippen LogP contribution < -0.4 is 9.47 Å². The van der Waals surface area contributed by atoms with Gasteiger partial charge in [-0.15, -0.1) is 0 Å². The summed E-state index contributed by atoms with van der Waals surface area (Å²) in [5, 5.41) is 10.4. The monoisotopic (exact) mass is 500 g/mol. The number of nitrogens with zero attached hydrogens (tertiary/aromatic N) is 2. The molecule has 1 amide bonds. The molecule has 0 spiro atoms. The van der Waals surface area contributed by atoms with Gasteiger partial charge < -0.3 is 19.5 Å². The summed E-state index contributed by atoms with van der Waals surface area (Å²) in [7, 11) is 0. The predicted molar refractivity (Wildman–Crippen MR) is 141 cm³/mol. The second kappa shape index (κ2) is 12.6. The smallest absolute Gasteiger partial charge is 0.308 e. The number of hydrogen-bond donors (Lipinski definition) is 1. The molecule has 0 saturated carbocycles. The fourth-order valence-electron chi connectivity index (χ4n) is 5.62. The summed E-state index contributed by atoms with van der Waals surface area (Å²) in [6.45, 7) is 13.0. The largest absolute Gasteiger partial charge is 0.481 e. The SMILES string of the molecule is C/C=C/C(C)(C)C[C@H]1[C@H](C(=O)O)[C@@H](c2ccc3c(c2)OCO3)CN1CC(=O)N(CCCC)CCCC. The van der Waals surface area contributed by atoms with E-state index in [4.69, 9.17) is 9.47 Å². The van der Waals surface area contributed by atoms with Gasteiger partial charge in [0, 0.05) is 31.6 Å². The van der Waals surface area contributed by atoms with E-state index < -0.39 is 11.9 Å². The van der Waals surface area contributed by atoms with Crippen molar-refractivity contribution in [1.29, 1.82) is 0 Å². The zero-order chi connectivity index (χ0) is 26.3. The number of amides is 1. The molecule has 0 bridgehead atoms. The number of benzene rings is 1. The number of carboxylic acids is 1. The highest BCUT2D eigenvalue weighted by atomic mass is 16.7. The van der Waals surface area contributed by atoms with E-state index in [0.29, 0.717) is 24.5 Å². The Morgan fingerprint density at radius 2 is 1.81 bits per heavy atom. The molecule has 7 heteroatoms. The van der Waals surface area contributed by atoms with Gasteiger partial charge in [-0.3, -0.25) is 14.5 Å². The van der Waals surface area contributed by atoms with Crippen LogP contribution in [0.15, 0.2) is 30.4 Å². The number of fused-ring (bicyclic) bond motifs is 1. The number of unbranched alkanes of at least 4 members (excludes halogenated alkanes) is 2. The lowest BCUT2D eigenvalue weighted by Gasteiger charge is -2.34. The van der Waals surface area contributed by atoms with Gasteiger partial charge in [0.05, 0.1) is 12.5 Å². The summed E-state index contributed by atoms with van der Waals surface area (Å²) in [6, 6.07) is 5.47. The van der Waals surface area contributed by atoms with E-state index in [1.165, 1.54) is 0 Å². The molecule has 2 heterocycles. The van der Waals surface area contributed by atoms with Gasteiger partial charge >= 0.3 is 5.97 Å². The first-order valence-electron chi connectivity index (χ1n) is 13.5. The number of carboxylic acid groups (broad SMARTS) is 1. The van der Waals surface area contributed by atoms with Gasteiger partial charge in [0.2, 0.25) is 12.7 Å². The van der Waals surface area contributed by atoms with Crippen LogP contribution in [-0.4, -0.2) is 65.8 Å². The normalized spacial score (nSPS) is 21.9. The van der Waals surface area contributed by atoms with Gasteiger partial charge in [0.1, 0.15) is 0 Å². The molecule has 7 nitrogen and oxygen atoms in total. The number of allylic oxidation sites excluding steroid dienone is 2. The van der Waals surface area contributed by atoms with Crippen molar-refractivity contribution in [2.45, 2.75) is 78.7 Å². The zero-order valence-corrected chi connectivity index (χ0v) is 22.7. The molecule has 3 rings (SSSR count). The maximum Gasteiger partial charge on any atom is 0.308 e. The number of carbonyl (C=O) groups excluding carboxylic acids is 1. The Balaban J connectivity index is 1.91. The van der Waals surface area contributed by atoms with Crippen molar-refractivity contribution < 1.29 is 24.2 Å². The van der Waals surface area contributed by atoms with E-state index in [9.17, 15) is 14.7 Å². The molecule has 1 aromatic carbocycles. The number of carbonyl (C=O) groups is 2. The first-order chi connectivity index (χ1) is 17.2. The van der Waals surface area contributed by atoms with E-state index in [1.807, 2.05) is 36.1 Å². The topological polar surface area (TPSA) is 79.3 Å². The van der Waals surface area contributed by atoms with Gasteiger partial charge in [-0.05, 0) is 49.3 Å². The van der Waals surface area contributed by atoms with Crippen molar-refractivity contribution in [2.24, 2.45) is 11.3 Å². The summed E-state index contributed by atoms with van der Waals surface area (Å²) < 4.78 is 11.0. The Hall–Kier alpha value is -2.54. The van der Waals surface area contributed by atoms with Crippen LogP contribution in [0.4, 0.5) is 0 Å². The number of aliphatic carboxylic acids is 1. The summed E-state index contributed by atoms with van der Waals surface area (Å²) in [6.07, 6.45) is 8.84. The maximum atomic E-state index is 13.5. The third-order valence-corrected chi connectivity index (χ3v) is 7.47. The van der Waals surface area contributed by atoms with Gasteiger partial charge in [0.15, 0.2) is 11.5 Å². The summed E-state index contributed by atoms with van der Waals surface area (Å²) in [4.78, 5) is 30.3. The Labute approximate surface area is 216 Å². The van der Waals surface area contributed by atoms with E-state index in [1.54, 1.807) is 0 Å². The fourth-order valence-corrected chi connectivity index (χ4v) is 5.62.